The molecule has 3 aromatic carbocycles. The van der Waals surface area contributed by atoms with Crippen LogP contribution in [0.1, 0.15) is 27.2 Å². The zero-order valence-electron chi connectivity index (χ0n) is 17.9. The maximum atomic E-state index is 13.2. The molecule has 0 aliphatic rings. The first-order chi connectivity index (χ1) is 15.4. The van der Waals surface area contributed by atoms with Crippen LogP contribution >= 0.6 is 23.2 Å². The van der Waals surface area contributed by atoms with Gasteiger partial charge in [-0.1, -0.05) is 71.7 Å². The molecule has 32 heavy (non-hydrogen) atoms. The third kappa shape index (κ3) is 4.87. The van der Waals surface area contributed by atoms with Crippen LogP contribution in [0.4, 0.5) is 0 Å². The van der Waals surface area contributed by atoms with Gasteiger partial charge in [0.1, 0.15) is 5.69 Å². The molecule has 1 amide bonds. The lowest BCUT2D eigenvalue weighted by molar-refractivity contribution is 0.0946. The number of aryl methyl sites for hydroxylation is 2. The highest BCUT2D eigenvalue weighted by Gasteiger charge is 2.19. The second-order valence-electron chi connectivity index (χ2n) is 7.72. The number of benzene rings is 3. The van der Waals surface area contributed by atoms with Crippen molar-refractivity contribution in [3.63, 3.8) is 0 Å². The number of carbonyl (C=O) groups excluding carboxylic acids is 1. The molecule has 4 aromatic rings. The maximum Gasteiger partial charge on any atom is 0.270 e. The largest absolute Gasteiger partial charge is 0.350 e. The molecule has 0 fully saturated rings. The van der Waals surface area contributed by atoms with E-state index in [0.29, 0.717) is 28.7 Å². The molecule has 0 atom stereocenters. The fourth-order valence-corrected chi connectivity index (χ4v) is 4.05. The quantitative estimate of drug-likeness (QED) is 0.357. The van der Waals surface area contributed by atoms with Crippen molar-refractivity contribution in [2.75, 3.05) is 6.54 Å². The monoisotopic (exact) mass is 463 g/mol. The van der Waals surface area contributed by atoms with E-state index in [-0.39, 0.29) is 5.91 Å². The zero-order valence-corrected chi connectivity index (χ0v) is 19.4. The minimum absolute atomic E-state index is 0.189. The summed E-state index contributed by atoms with van der Waals surface area (Å²) < 4.78 is 1.73. The minimum Gasteiger partial charge on any atom is -0.350 e. The molecule has 0 spiro atoms. The van der Waals surface area contributed by atoms with E-state index in [0.717, 1.165) is 33.6 Å². The SMILES string of the molecule is Cc1ccc(C)c(-n2nc(-c3ccccc3)cc2C(=O)NCCc2ccc(Cl)cc2Cl)c1. The summed E-state index contributed by atoms with van der Waals surface area (Å²) in [6, 6.07) is 23.2. The number of carbonyl (C=O) groups is 1. The van der Waals surface area contributed by atoms with Crippen molar-refractivity contribution >= 4 is 29.1 Å². The van der Waals surface area contributed by atoms with Crippen molar-refractivity contribution in [2.24, 2.45) is 0 Å². The normalized spacial score (nSPS) is 10.9. The van der Waals surface area contributed by atoms with Crippen LogP contribution in [0.25, 0.3) is 16.9 Å². The van der Waals surface area contributed by atoms with Gasteiger partial charge in [0, 0.05) is 22.2 Å². The summed E-state index contributed by atoms with van der Waals surface area (Å²) in [5, 5.41) is 8.98. The Hall–Kier alpha value is -3.08. The lowest BCUT2D eigenvalue weighted by atomic mass is 10.1. The summed E-state index contributed by atoms with van der Waals surface area (Å²) in [7, 11) is 0. The molecule has 1 N–H and O–H groups in total. The molecule has 0 aliphatic carbocycles. The highest BCUT2D eigenvalue weighted by Crippen LogP contribution is 2.24. The van der Waals surface area contributed by atoms with Crippen molar-refractivity contribution in [1.29, 1.82) is 0 Å². The molecule has 0 bridgehead atoms. The Labute approximate surface area is 197 Å². The molecule has 162 valence electrons. The number of rotatable bonds is 6. The number of aromatic nitrogens is 2. The molecule has 6 heteroatoms. The molecule has 1 heterocycles. The van der Waals surface area contributed by atoms with Crippen LogP contribution in [-0.2, 0) is 6.42 Å². The van der Waals surface area contributed by atoms with E-state index < -0.39 is 0 Å². The van der Waals surface area contributed by atoms with E-state index in [9.17, 15) is 4.79 Å². The van der Waals surface area contributed by atoms with Gasteiger partial charge in [0.2, 0.25) is 0 Å². The van der Waals surface area contributed by atoms with E-state index in [1.807, 2.05) is 68.4 Å². The number of hydrogen-bond donors (Lipinski definition) is 1. The van der Waals surface area contributed by atoms with Crippen molar-refractivity contribution in [2.45, 2.75) is 20.3 Å². The highest BCUT2D eigenvalue weighted by molar-refractivity contribution is 6.35. The van der Waals surface area contributed by atoms with Gasteiger partial charge in [0.05, 0.1) is 11.4 Å². The van der Waals surface area contributed by atoms with E-state index in [1.54, 1.807) is 16.8 Å². The third-order valence-electron chi connectivity index (χ3n) is 5.30. The Morgan fingerprint density at radius 3 is 2.50 bits per heavy atom. The van der Waals surface area contributed by atoms with Gasteiger partial charge in [-0.05, 0) is 61.2 Å². The van der Waals surface area contributed by atoms with E-state index >= 15 is 0 Å². The minimum atomic E-state index is -0.189. The summed E-state index contributed by atoms with van der Waals surface area (Å²) in [4.78, 5) is 13.2. The Morgan fingerprint density at radius 2 is 1.75 bits per heavy atom. The standard InChI is InChI=1S/C26H23Cl2N3O/c1-17-8-9-18(2)24(14-17)31-25(16-23(30-31)20-6-4-3-5-7-20)26(32)29-13-12-19-10-11-21(27)15-22(19)28/h3-11,14-16H,12-13H2,1-2H3,(H,29,32). The molecule has 0 saturated heterocycles. The second kappa shape index (κ2) is 9.60. The van der Waals surface area contributed by atoms with Crippen LogP contribution in [0.3, 0.4) is 0 Å². The van der Waals surface area contributed by atoms with Crippen molar-refractivity contribution < 1.29 is 4.79 Å². The van der Waals surface area contributed by atoms with Gasteiger partial charge in [-0.3, -0.25) is 4.79 Å². The fraction of sp³-hybridized carbons (Fsp3) is 0.154. The summed E-state index contributed by atoms with van der Waals surface area (Å²) in [5.74, 6) is -0.189. The predicted molar refractivity (Wildman–Crippen MR) is 131 cm³/mol. The van der Waals surface area contributed by atoms with Crippen LogP contribution in [0.15, 0.2) is 72.8 Å². The predicted octanol–water partition coefficient (Wildman–Crippen LogP) is 6.44. The van der Waals surface area contributed by atoms with Crippen LogP contribution in [0, 0.1) is 13.8 Å². The maximum absolute atomic E-state index is 13.2. The summed E-state index contributed by atoms with van der Waals surface area (Å²) >= 11 is 12.2. The molecular weight excluding hydrogens is 441 g/mol. The summed E-state index contributed by atoms with van der Waals surface area (Å²) in [5.41, 5.74) is 6.16. The van der Waals surface area contributed by atoms with Crippen LogP contribution in [-0.4, -0.2) is 22.2 Å². The van der Waals surface area contributed by atoms with Crippen molar-refractivity contribution in [3.05, 3.63) is 105 Å². The van der Waals surface area contributed by atoms with Gasteiger partial charge in [-0.15, -0.1) is 0 Å². The average molecular weight is 464 g/mol. The fourth-order valence-electron chi connectivity index (χ4n) is 3.55. The van der Waals surface area contributed by atoms with Gasteiger partial charge in [-0.25, -0.2) is 4.68 Å². The number of nitrogens with one attached hydrogen (secondary N) is 1. The van der Waals surface area contributed by atoms with Gasteiger partial charge in [0.15, 0.2) is 0 Å². The molecule has 0 unspecified atom stereocenters. The van der Waals surface area contributed by atoms with Gasteiger partial charge < -0.3 is 5.32 Å². The van der Waals surface area contributed by atoms with Gasteiger partial charge in [-0.2, -0.15) is 5.10 Å². The topological polar surface area (TPSA) is 46.9 Å². The first kappa shape index (κ1) is 22.1. The Kier molecular flexibility index (Phi) is 6.63. The zero-order chi connectivity index (χ0) is 22.7. The number of amides is 1. The average Bonchev–Trinajstić information content (AvgIpc) is 3.23. The Morgan fingerprint density at radius 1 is 0.969 bits per heavy atom. The molecular formula is C26H23Cl2N3O. The number of nitrogens with zero attached hydrogens (tertiary/aromatic N) is 2. The van der Waals surface area contributed by atoms with Gasteiger partial charge >= 0.3 is 0 Å². The molecule has 1 aromatic heterocycles. The van der Waals surface area contributed by atoms with E-state index in [4.69, 9.17) is 28.3 Å². The van der Waals surface area contributed by atoms with E-state index in [2.05, 4.69) is 11.4 Å². The molecule has 0 radical (unpaired) electrons. The summed E-state index contributed by atoms with van der Waals surface area (Å²) in [6.45, 7) is 4.49. The van der Waals surface area contributed by atoms with Crippen LogP contribution in [0.5, 0.6) is 0 Å². The molecule has 0 saturated carbocycles. The van der Waals surface area contributed by atoms with Crippen LogP contribution in [0.2, 0.25) is 10.0 Å². The Balaban J connectivity index is 1.63. The highest BCUT2D eigenvalue weighted by atomic mass is 35.5. The first-order valence-electron chi connectivity index (χ1n) is 10.4. The molecule has 4 rings (SSSR count). The third-order valence-corrected chi connectivity index (χ3v) is 5.89. The Bertz CT molecular complexity index is 1270. The van der Waals surface area contributed by atoms with E-state index in [1.165, 1.54) is 0 Å². The molecule has 0 aliphatic heterocycles. The second-order valence-corrected chi connectivity index (χ2v) is 8.57. The smallest absolute Gasteiger partial charge is 0.270 e. The van der Waals surface area contributed by atoms with Gasteiger partial charge in [0.25, 0.3) is 5.91 Å². The van der Waals surface area contributed by atoms with Crippen molar-refractivity contribution in [3.8, 4) is 16.9 Å². The lowest BCUT2D eigenvalue weighted by Gasteiger charge is -2.12. The lowest BCUT2D eigenvalue weighted by Crippen LogP contribution is -2.28. The molecule has 4 nitrogen and oxygen atoms in total. The number of hydrogen-bond acceptors (Lipinski definition) is 2. The first-order valence-corrected chi connectivity index (χ1v) is 11.1. The summed E-state index contributed by atoms with van der Waals surface area (Å²) in [6.07, 6.45) is 0.602. The number of halogens is 2. The van der Waals surface area contributed by atoms with Crippen LogP contribution < -0.4 is 5.32 Å². The van der Waals surface area contributed by atoms with Crippen molar-refractivity contribution in [1.82, 2.24) is 15.1 Å².